The number of hydrogen-bond donors (Lipinski definition) is 0. The number of nitrogens with zero attached hydrogens (tertiary/aromatic N) is 3. The van der Waals surface area contributed by atoms with Crippen LogP contribution in [-0.4, -0.2) is 68.2 Å². The van der Waals surface area contributed by atoms with Crippen molar-refractivity contribution in [1.82, 2.24) is 14.1 Å². The summed E-state index contributed by atoms with van der Waals surface area (Å²) in [7, 11) is -1.79. The van der Waals surface area contributed by atoms with Crippen LogP contribution in [0.1, 0.15) is 5.56 Å². The predicted molar refractivity (Wildman–Crippen MR) is 110 cm³/mol. The number of hydrogen-bond acceptors (Lipinski definition) is 5. The second kappa shape index (κ2) is 9.00. The molecule has 1 saturated heterocycles. The average Bonchev–Trinajstić information content (AvgIpc) is 3.06. The number of rotatable bonds is 6. The van der Waals surface area contributed by atoms with Gasteiger partial charge in [-0.1, -0.05) is 0 Å². The van der Waals surface area contributed by atoms with Crippen molar-refractivity contribution in [3.05, 3.63) is 50.9 Å². The molecule has 6 nitrogen and oxygen atoms in total. The molecule has 2 aromatic rings. The van der Waals surface area contributed by atoms with Gasteiger partial charge in [0.1, 0.15) is 5.82 Å². The van der Waals surface area contributed by atoms with Crippen LogP contribution >= 0.6 is 27.3 Å². The lowest BCUT2D eigenvalue weighted by Gasteiger charge is -2.34. The van der Waals surface area contributed by atoms with Gasteiger partial charge in [0.05, 0.1) is 15.2 Å². The molecule has 0 atom stereocenters. The van der Waals surface area contributed by atoms with E-state index >= 15 is 0 Å². The van der Waals surface area contributed by atoms with E-state index in [-0.39, 0.29) is 30.4 Å². The fraction of sp³-hybridized carbons (Fsp3) is 0.389. The molecule has 1 aromatic carbocycles. The van der Waals surface area contributed by atoms with E-state index in [4.69, 9.17) is 0 Å². The molecule has 0 spiro atoms. The Balaban J connectivity index is 1.52. The molecule has 3 rings (SSSR count). The number of amides is 1. The molecule has 1 aromatic heterocycles. The zero-order valence-corrected chi connectivity index (χ0v) is 18.6. The third-order valence-electron chi connectivity index (χ3n) is 4.52. The van der Waals surface area contributed by atoms with Crippen LogP contribution in [0, 0.1) is 5.82 Å². The zero-order valence-electron chi connectivity index (χ0n) is 15.3. The molecule has 10 heteroatoms. The van der Waals surface area contributed by atoms with E-state index in [0.29, 0.717) is 19.6 Å². The number of benzene rings is 1. The molecule has 1 amide bonds. The van der Waals surface area contributed by atoms with Gasteiger partial charge in [0.25, 0.3) is 0 Å². The summed E-state index contributed by atoms with van der Waals surface area (Å²) in [6.07, 6.45) is 0. The summed E-state index contributed by atoms with van der Waals surface area (Å²) in [5.41, 5.74) is 1.14. The summed E-state index contributed by atoms with van der Waals surface area (Å²) in [6, 6.07) is 6.83. The normalized spacial score (nSPS) is 15.9. The van der Waals surface area contributed by atoms with Crippen molar-refractivity contribution >= 4 is 43.2 Å². The van der Waals surface area contributed by atoms with E-state index < -0.39 is 15.8 Å². The fourth-order valence-electron chi connectivity index (χ4n) is 3.06. The number of carbonyl (C=O) groups excluding carboxylic acids is 1. The molecule has 0 unspecified atom stereocenters. The molecule has 2 heterocycles. The highest BCUT2D eigenvalue weighted by Crippen LogP contribution is 2.22. The van der Waals surface area contributed by atoms with Gasteiger partial charge >= 0.3 is 0 Å². The second-order valence-electron chi connectivity index (χ2n) is 6.67. The van der Waals surface area contributed by atoms with Crippen LogP contribution in [0.2, 0.25) is 0 Å². The first-order valence-corrected chi connectivity index (χ1v) is 11.8. The molecular formula is C18H21BrFN3O3S2. The SMILES string of the molecule is CN(CC(=O)N1CCN(S(=O)(=O)c2ccc(F)cc2)CC1)Cc1csc(Br)c1. The van der Waals surface area contributed by atoms with Crippen molar-refractivity contribution in [2.45, 2.75) is 11.4 Å². The molecule has 0 saturated carbocycles. The molecule has 152 valence electrons. The molecule has 1 aliphatic heterocycles. The summed E-state index contributed by atoms with van der Waals surface area (Å²) in [4.78, 5) is 16.2. The lowest BCUT2D eigenvalue weighted by Crippen LogP contribution is -2.52. The van der Waals surface area contributed by atoms with E-state index in [2.05, 4.69) is 15.9 Å². The van der Waals surface area contributed by atoms with Crippen LogP contribution in [-0.2, 0) is 21.4 Å². The molecular weight excluding hydrogens is 469 g/mol. The Morgan fingerprint density at radius 3 is 2.43 bits per heavy atom. The summed E-state index contributed by atoms with van der Waals surface area (Å²) < 4.78 is 40.7. The summed E-state index contributed by atoms with van der Waals surface area (Å²) >= 11 is 5.04. The quantitative estimate of drug-likeness (QED) is 0.625. The minimum absolute atomic E-state index is 0.0179. The first-order valence-electron chi connectivity index (χ1n) is 8.70. The van der Waals surface area contributed by atoms with E-state index in [1.54, 1.807) is 16.2 Å². The van der Waals surface area contributed by atoms with Crippen molar-refractivity contribution in [2.75, 3.05) is 39.8 Å². The van der Waals surface area contributed by atoms with Crippen LogP contribution in [0.5, 0.6) is 0 Å². The number of likely N-dealkylation sites (N-methyl/N-ethyl adjacent to an activating group) is 1. The van der Waals surface area contributed by atoms with Gasteiger partial charge in [0.15, 0.2) is 0 Å². The Labute approximate surface area is 176 Å². The third kappa shape index (κ3) is 5.18. The van der Waals surface area contributed by atoms with Gasteiger partial charge < -0.3 is 4.90 Å². The monoisotopic (exact) mass is 489 g/mol. The Hall–Kier alpha value is -1.33. The van der Waals surface area contributed by atoms with Gasteiger partial charge in [0, 0.05) is 32.7 Å². The number of halogens is 2. The van der Waals surface area contributed by atoms with Crippen molar-refractivity contribution in [1.29, 1.82) is 0 Å². The van der Waals surface area contributed by atoms with E-state index in [1.165, 1.54) is 16.4 Å². The number of sulfonamides is 1. The predicted octanol–water partition coefficient (Wildman–Crippen LogP) is 2.61. The van der Waals surface area contributed by atoms with Gasteiger partial charge in [0.2, 0.25) is 15.9 Å². The second-order valence-corrected chi connectivity index (χ2v) is 10.9. The first-order chi connectivity index (χ1) is 13.3. The average molecular weight is 490 g/mol. The maximum Gasteiger partial charge on any atom is 0.243 e. The Bertz CT molecular complexity index is 926. The van der Waals surface area contributed by atoms with Crippen LogP contribution < -0.4 is 0 Å². The Kier molecular flexibility index (Phi) is 6.87. The molecule has 0 radical (unpaired) electrons. The third-order valence-corrected chi connectivity index (χ3v) is 7.99. The van der Waals surface area contributed by atoms with Crippen LogP contribution in [0.25, 0.3) is 0 Å². The number of thiophene rings is 1. The summed E-state index contributed by atoms with van der Waals surface area (Å²) in [5.74, 6) is -0.496. The fourth-order valence-corrected chi connectivity index (χ4v) is 5.68. The highest BCUT2D eigenvalue weighted by atomic mass is 79.9. The number of carbonyl (C=O) groups is 1. The zero-order chi connectivity index (χ0) is 20.3. The minimum atomic E-state index is -3.67. The molecule has 0 aliphatic carbocycles. The van der Waals surface area contributed by atoms with Crippen LogP contribution in [0.15, 0.2) is 44.4 Å². The topological polar surface area (TPSA) is 60.9 Å². The van der Waals surface area contributed by atoms with E-state index in [9.17, 15) is 17.6 Å². The van der Waals surface area contributed by atoms with E-state index in [1.807, 2.05) is 23.4 Å². The van der Waals surface area contributed by atoms with Gasteiger partial charge in [-0.25, -0.2) is 12.8 Å². The van der Waals surface area contributed by atoms with E-state index in [0.717, 1.165) is 21.5 Å². The number of piperazine rings is 1. The molecule has 28 heavy (non-hydrogen) atoms. The summed E-state index contributed by atoms with van der Waals surface area (Å²) in [6.45, 7) is 2.10. The smallest absolute Gasteiger partial charge is 0.243 e. The lowest BCUT2D eigenvalue weighted by molar-refractivity contribution is -0.133. The Morgan fingerprint density at radius 2 is 1.86 bits per heavy atom. The van der Waals surface area contributed by atoms with Crippen LogP contribution in [0.4, 0.5) is 4.39 Å². The minimum Gasteiger partial charge on any atom is -0.339 e. The highest BCUT2D eigenvalue weighted by molar-refractivity contribution is 9.11. The largest absolute Gasteiger partial charge is 0.339 e. The Morgan fingerprint density at radius 1 is 1.21 bits per heavy atom. The van der Waals surface area contributed by atoms with Gasteiger partial charge in [-0.3, -0.25) is 9.69 Å². The van der Waals surface area contributed by atoms with Crippen molar-refractivity contribution in [3.8, 4) is 0 Å². The summed E-state index contributed by atoms with van der Waals surface area (Å²) in [5, 5.41) is 2.05. The maximum absolute atomic E-state index is 13.0. The first kappa shape index (κ1) is 21.4. The van der Waals surface area contributed by atoms with Gasteiger partial charge in [-0.05, 0) is 64.3 Å². The van der Waals surface area contributed by atoms with Crippen molar-refractivity contribution in [3.63, 3.8) is 0 Å². The standard InChI is InChI=1S/C18H21BrFN3O3S2/c1-21(11-14-10-17(19)27-13-14)12-18(24)22-6-8-23(9-7-22)28(25,26)16-4-2-15(20)3-5-16/h2-5,10,13H,6-9,11-12H2,1H3. The molecule has 1 fully saturated rings. The van der Waals surface area contributed by atoms with Crippen molar-refractivity contribution in [2.24, 2.45) is 0 Å². The molecule has 1 aliphatic rings. The van der Waals surface area contributed by atoms with Crippen molar-refractivity contribution < 1.29 is 17.6 Å². The van der Waals surface area contributed by atoms with Gasteiger partial charge in [-0.15, -0.1) is 11.3 Å². The lowest BCUT2D eigenvalue weighted by atomic mass is 10.3. The van der Waals surface area contributed by atoms with Crippen LogP contribution in [0.3, 0.4) is 0 Å². The molecule has 0 N–H and O–H groups in total. The molecule has 0 bridgehead atoms. The maximum atomic E-state index is 13.0. The van der Waals surface area contributed by atoms with Gasteiger partial charge in [-0.2, -0.15) is 4.31 Å². The highest BCUT2D eigenvalue weighted by Gasteiger charge is 2.30.